The largest absolute Gasteiger partial charge is 0.504 e. The molecule has 54 heavy (non-hydrogen) atoms. The van der Waals surface area contributed by atoms with E-state index in [1.54, 1.807) is 106 Å². The molecule has 0 radical (unpaired) electrons. The van der Waals surface area contributed by atoms with E-state index in [9.17, 15) is 29.1 Å². The molecule has 14 heteroatoms. The number of carbonyl (C=O) groups excluding carboxylic acids is 5. The topological polar surface area (TPSA) is 191 Å². The van der Waals surface area contributed by atoms with Crippen LogP contribution in [0.3, 0.4) is 0 Å². The van der Waals surface area contributed by atoms with Crippen molar-refractivity contribution in [2.45, 2.75) is 57.0 Å². The Morgan fingerprint density at radius 1 is 0.852 bits per heavy atom. The zero-order valence-electron chi connectivity index (χ0n) is 30.4. The van der Waals surface area contributed by atoms with Crippen LogP contribution in [0.4, 0.5) is 4.79 Å². The Balaban J connectivity index is 1.64. The van der Waals surface area contributed by atoms with E-state index in [0.29, 0.717) is 22.4 Å². The molecule has 4 aromatic carbocycles. The van der Waals surface area contributed by atoms with Crippen molar-refractivity contribution in [1.82, 2.24) is 21.3 Å². The van der Waals surface area contributed by atoms with Gasteiger partial charge in [0.2, 0.25) is 23.5 Å². The molecule has 0 aromatic heterocycles. The highest BCUT2D eigenvalue weighted by molar-refractivity contribution is 5.96. The van der Waals surface area contributed by atoms with Gasteiger partial charge >= 0.3 is 12.1 Å². The smallest absolute Gasteiger partial charge is 0.408 e. The van der Waals surface area contributed by atoms with Gasteiger partial charge in [-0.2, -0.15) is 0 Å². The van der Waals surface area contributed by atoms with Crippen LogP contribution >= 0.6 is 0 Å². The van der Waals surface area contributed by atoms with Crippen molar-refractivity contribution in [2.24, 2.45) is 0 Å². The fourth-order valence-electron chi connectivity index (χ4n) is 5.77. The summed E-state index contributed by atoms with van der Waals surface area (Å²) in [5.41, 5.74) is 0.529. The number of carbonyl (C=O) groups is 5. The molecule has 2 heterocycles. The molecule has 0 saturated carbocycles. The number of phenols is 1. The Kier molecular flexibility index (Phi) is 12.1. The zero-order chi connectivity index (χ0) is 39.0. The molecule has 4 aromatic rings. The lowest BCUT2D eigenvalue weighted by molar-refractivity contribution is -0.145. The molecule has 2 aliphatic heterocycles. The van der Waals surface area contributed by atoms with Crippen LogP contribution in [0, 0.1) is 0 Å². The summed E-state index contributed by atoms with van der Waals surface area (Å²) in [6, 6.07) is 20.4. The number of benzene rings is 4. The molecule has 282 valence electrons. The molecule has 0 unspecified atom stereocenters. The second-order valence-electron chi connectivity index (χ2n) is 13.4. The number of hydrogen-bond donors (Lipinski definition) is 5. The maximum atomic E-state index is 14.5. The van der Waals surface area contributed by atoms with E-state index in [0.717, 1.165) is 0 Å². The number of phenolic OH excluding ortho intramolecular Hbond substituents is 1. The van der Waals surface area contributed by atoms with Gasteiger partial charge < -0.3 is 45.3 Å². The number of esters is 1. The number of ether oxygens (including phenoxy) is 4. The van der Waals surface area contributed by atoms with Crippen molar-refractivity contribution in [3.05, 3.63) is 119 Å². The third-order valence-electron chi connectivity index (χ3n) is 8.27. The molecule has 0 fully saturated rings. The van der Waals surface area contributed by atoms with Crippen LogP contribution in [0.1, 0.15) is 61.2 Å². The number of alkyl carbamates (subject to hydrolysis) is 1. The first-order valence-electron chi connectivity index (χ1n) is 17.0. The maximum absolute atomic E-state index is 14.5. The molecule has 2 aliphatic rings. The lowest BCUT2D eigenvalue weighted by Crippen LogP contribution is -2.51. The second-order valence-corrected chi connectivity index (χ2v) is 13.4. The molecule has 4 bridgehead atoms. The average Bonchev–Trinajstić information content (AvgIpc) is 3.14. The minimum absolute atomic E-state index is 0.00401. The Bertz CT molecular complexity index is 1980. The third kappa shape index (κ3) is 9.64. The van der Waals surface area contributed by atoms with E-state index in [4.69, 9.17) is 18.9 Å². The average molecular weight is 739 g/mol. The van der Waals surface area contributed by atoms with Crippen LogP contribution in [-0.4, -0.2) is 60.8 Å². The van der Waals surface area contributed by atoms with Gasteiger partial charge in [0.15, 0.2) is 11.5 Å². The SMILES string of the molecule is COC(=O)[C@H]1Cc2ccc(cc2)Oc2cc(cc(O)c2OC)[C@H](NC(=O)[C@@H](NC(=O)OC(C)(C)C)c2ccccc2)C(=O)N[C@@H](c2ccccc2)C(=O)N1. The van der Waals surface area contributed by atoms with Gasteiger partial charge in [0.25, 0.3) is 0 Å². The van der Waals surface area contributed by atoms with Gasteiger partial charge in [0.1, 0.15) is 35.5 Å². The van der Waals surface area contributed by atoms with Crippen LogP contribution in [0.25, 0.3) is 0 Å². The lowest BCUT2D eigenvalue weighted by Gasteiger charge is -2.28. The first-order valence-corrected chi connectivity index (χ1v) is 17.0. The van der Waals surface area contributed by atoms with Crippen LogP contribution in [0.2, 0.25) is 0 Å². The number of aromatic hydroxyl groups is 1. The number of rotatable bonds is 7. The summed E-state index contributed by atoms with van der Waals surface area (Å²) in [5, 5.41) is 21.8. The summed E-state index contributed by atoms with van der Waals surface area (Å²) in [5.74, 6) is -3.36. The molecule has 14 nitrogen and oxygen atoms in total. The first-order chi connectivity index (χ1) is 25.8. The van der Waals surface area contributed by atoms with Crippen molar-refractivity contribution in [3.63, 3.8) is 0 Å². The van der Waals surface area contributed by atoms with Gasteiger partial charge in [-0.15, -0.1) is 0 Å². The first kappa shape index (κ1) is 38.7. The van der Waals surface area contributed by atoms with E-state index >= 15 is 0 Å². The predicted octanol–water partition coefficient (Wildman–Crippen LogP) is 4.69. The number of hydrogen-bond acceptors (Lipinski definition) is 10. The number of nitrogens with one attached hydrogen (secondary N) is 4. The molecule has 0 saturated heterocycles. The van der Waals surface area contributed by atoms with Crippen molar-refractivity contribution in [3.8, 4) is 23.0 Å². The molecule has 5 N–H and O–H groups in total. The van der Waals surface area contributed by atoms with E-state index in [-0.39, 0.29) is 23.5 Å². The van der Waals surface area contributed by atoms with Crippen molar-refractivity contribution in [2.75, 3.05) is 14.2 Å². The summed E-state index contributed by atoms with van der Waals surface area (Å²) in [7, 11) is 2.52. The van der Waals surface area contributed by atoms with Gasteiger partial charge in [-0.3, -0.25) is 14.4 Å². The van der Waals surface area contributed by atoms with Gasteiger partial charge in [-0.1, -0.05) is 72.8 Å². The highest BCUT2D eigenvalue weighted by Gasteiger charge is 2.35. The normalized spacial score (nSPS) is 17.8. The highest BCUT2D eigenvalue weighted by Crippen LogP contribution is 2.42. The zero-order valence-corrected chi connectivity index (χ0v) is 30.4. The third-order valence-corrected chi connectivity index (χ3v) is 8.27. The van der Waals surface area contributed by atoms with Crippen LogP contribution < -0.4 is 30.7 Å². The molecule has 4 atom stereocenters. The number of methoxy groups -OCH3 is 2. The van der Waals surface area contributed by atoms with Gasteiger partial charge in [-0.05, 0) is 67.3 Å². The fraction of sp³-hybridized carbons (Fsp3) is 0.275. The van der Waals surface area contributed by atoms with Crippen LogP contribution in [0.15, 0.2) is 97.1 Å². The summed E-state index contributed by atoms with van der Waals surface area (Å²) in [6.07, 6.45) is -0.850. The number of fused-ring (bicyclic) bond motifs is 9. The van der Waals surface area contributed by atoms with E-state index < -0.39 is 65.3 Å². The van der Waals surface area contributed by atoms with Crippen molar-refractivity contribution >= 4 is 29.8 Å². The van der Waals surface area contributed by atoms with Gasteiger partial charge in [0.05, 0.1) is 14.2 Å². The summed E-state index contributed by atoms with van der Waals surface area (Å²) in [6.45, 7) is 5.01. The Morgan fingerprint density at radius 2 is 1.50 bits per heavy atom. The van der Waals surface area contributed by atoms with Crippen molar-refractivity contribution < 1.29 is 48.0 Å². The van der Waals surface area contributed by atoms with Crippen LogP contribution in [0.5, 0.6) is 23.0 Å². The highest BCUT2D eigenvalue weighted by atomic mass is 16.6. The molecule has 0 spiro atoms. The Hall–Kier alpha value is -6.57. The molecule has 6 rings (SSSR count). The van der Waals surface area contributed by atoms with Gasteiger partial charge in [-0.25, -0.2) is 9.59 Å². The fourth-order valence-corrected chi connectivity index (χ4v) is 5.77. The molecular weight excluding hydrogens is 696 g/mol. The summed E-state index contributed by atoms with van der Waals surface area (Å²) >= 11 is 0. The van der Waals surface area contributed by atoms with E-state index in [2.05, 4.69) is 21.3 Å². The van der Waals surface area contributed by atoms with E-state index in [1.165, 1.54) is 26.4 Å². The lowest BCUT2D eigenvalue weighted by atomic mass is 9.99. The minimum atomic E-state index is -1.62. The molecule has 0 aliphatic carbocycles. The summed E-state index contributed by atoms with van der Waals surface area (Å²) < 4.78 is 22.0. The van der Waals surface area contributed by atoms with Crippen LogP contribution in [-0.2, 0) is 35.1 Å². The minimum Gasteiger partial charge on any atom is -0.504 e. The Morgan fingerprint density at radius 3 is 2.11 bits per heavy atom. The maximum Gasteiger partial charge on any atom is 0.408 e. The predicted molar refractivity (Wildman–Crippen MR) is 196 cm³/mol. The second kappa shape index (κ2) is 16.8. The van der Waals surface area contributed by atoms with E-state index in [1.807, 2.05) is 0 Å². The number of amides is 4. The standard InChI is InChI=1S/C40H42N4O10/c1-40(2,3)54-39(50)44-32(25-14-10-7-11-15-25)36(47)43-33-26-21-29(45)34(51-4)30(22-26)53-27-18-16-23(17-19-27)20-28(38(49)52-5)41-35(46)31(42-37(33)48)24-12-8-6-9-13-24/h6-19,21-22,28,31-33,45H,20H2,1-5H3,(H,41,46)(H,42,48)(H,43,47)(H,44,50)/t28-,31+,32+,33+/m1/s1. The molecular formula is C40H42N4O10. The molecule has 4 amide bonds. The monoisotopic (exact) mass is 738 g/mol. The Labute approximate surface area is 312 Å². The quantitative estimate of drug-likeness (QED) is 0.166. The summed E-state index contributed by atoms with van der Waals surface area (Å²) in [4.78, 5) is 68.7. The van der Waals surface area contributed by atoms with Crippen molar-refractivity contribution in [1.29, 1.82) is 0 Å². The van der Waals surface area contributed by atoms with Gasteiger partial charge in [0, 0.05) is 6.42 Å².